The van der Waals surface area contributed by atoms with Gasteiger partial charge in [0.2, 0.25) is 0 Å². The van der Waals surface area contributed by atoms with E-state index in [0.717, 1.165) is 4.90 Å². The van der Waals surface area contributed by atoms with Crippen molar-refractivity contribution in [2.45, 2.75) is 25.5 Å². The van der Waals surface area contributed by atoms with Crippen LogP contribution < -0.4 is 9.64 Å². The summed E-state index contributed by atoms with van der Waals surface area (Å²) in [5.41, 5.74) is 0.127. The fraction of sp³-hybridized carbons (Fsp3) is 0.294. The third kappa shape index (κ3) is 2.50. The number of carbonyl (C=O) groups excluding carboxylic acids is 1. The van der Waals surface area contributed by atoms with Gasteiger partial charge in [-0.05, 0) is 24.6 Å². The normalized spacial score (nSPS) is 16.9. The molecule has 1 aromatic carbocycles. The van der Waals surface area contributed by atoms with Crippen LogP contribution in [0.4, 0.5) is 14.5 Å². The number of amides is 1. The minimum atomic E-state index is -3.68. The monoisotopic (exact) mass is 334 g/mol. The van der Waals surface area contributed by atoms with Gasteiger partial charge in [0.1, 0.15) is 5.75 Å². The zero-order chi connectivity index (χ0) is 17.5. The number of carbonyl (C=O) groups is 1. The number of hydrogen-bond donors (Lipinski definition) is 1. The molecule has 2 aromatic rings. The van der Waals surface area contributed by atoms with E-state index < -0.39 is 23.5 Å². The summed E-state index contributed by atoms with van der Waals surface area (Å²) in [7, 11) is 1.48. The number of halogens is 2. The summed E-state index contributed by atoms with van der Waals surface area (Å²) in [6, 6.07) is 7.60. The summed E-state index contributed by atoms with van der Waals surface area (Å²) in [5, 5.41) is 9.76. The summed E-state index contributed by atoms with van der Waals surface area (Å²) in [6.07, 6.45) is 0.383. The number of fused-ring (bicyclic) bond motifs is 1. The molecule has 5 nitrogen and oxygen atoms in total. The SMILES string of the molecule is COc1ccnc(CN2C(=O)C(F)(F)c3c([C@H](C)O)cccc32)c1. The highest BCUT2D eigenvalue weighted by atomic mass is 19.3. The summed E-state index contributed by atoms with van der Waals surface area (Å²) in [6.45, 7) is 1.28. The van der Waals surface area contributed by atoms with Gasteiger partial charge in [0.05, 0.1) is 36.7 Å². The molecule has 1 N–H and O–H groups in total. The first kappa shape index (κ1) is 16.3. The largest absolute Gasteiger partial charge is 0.497 e. The molecule has 1 aromatic heterocycles. The van der Waals surface area contributed by atoms with Gasteiger partial charge in [-0.1, -0.05) is 12.1 Å². The highest BCUT2D eigenvalue weighted by molar-refractivity contribution is 6.06. The van der Waals surface area contributed by atoms with Gasteiger partial charge in [0.15, 0.2) is 0 Å². The molecule has 0 saturated heterocycles. The van der Waals surface area contributed by atoms with E-state index in [1.54, 1.807) is 18.2 Å². The van der Waals surface area contributed by atoms with Crippen LogP contribution in [0.1, 0.15) is 29.8 Å². The lowest BCUT2D eigenvalue weighted by Gasteiger charge is -2.17. The van der Waals surface area contributed by atoms with Gasteiger partial charge in [0, 0.05) is 12.3 Å². The first-order valence-electron chi connectivity index (χ1n) is 7.36. The topological polar surface area (TPSA) is 62.7 Å². The van der Waals surface area contributed by atoms with E-state index in [0.29, 0.717) is 11.4 Å². The lowest BCUT2D eigenvalue weighted by Crippen LogP contribution is -2.34. The molecule has 0 bridgehead atoms. The number of benzene rings is 1. The molecule has 0 radical (unpaired) electrons. The van der Waals surface area contributed by atoms with E-state index in [9.17, 15) is 18.7 Å². The van der Waals surface area contributed by atoms with Crippen molar-refractivity contribution in [3.63, 3.8) is 0 Å². The summed E-state index contributed by atoms with van der Waals surface area (Å²) in [5.74, 6) is -4.48. The molecule has 1 amide bonds. The quantitative estimate of drug-likeness (QED) is 0.934. The van der Waals surface area contributed by atoms with Crippen LogP contribution in [0.25, 0.3) is 0 Å². The van der Waals surface area contributed by atoms with Crippen molar-refractivity contribution in [2.75, 3.05) is 12.0 Å². The Balaban J connectivity index is 2.05. The number of aromatic nitrogens is 1. The molecule has 1 atom stereocenters. The number of ether oxygens (including phenoxy) is 1. The van der Waals surface area contributed by atoms with Crippen LogP contribution in [0.2, 0.25) is 0 Å². The Morgan fingerprint density at radius 1 is 1.38 bits per heavy atom. The van der Waals surface area contributed by atoms with E-state index in [1.807, 2.05) is 0 Å². The molecule has 3 rings (SSSR count). The number of methoxy groups -OCH3 is 1. The van der Waals surface area contributed by atoms with Crippen LogP contribution in [-0.2, 0) is 17.3 Å². The highest BCUT2D eigenvalue weighted by Crippen LogP contribution is 2.47. The van der Waals surface area contributed by atoms with Crippen molar-refractivity contribution in [2.24, 2.45) is 0 Å². The number of aliphatic hydroxyl groups is 1. The molecule has 126 valence electrons. The predicted molar refractivity (Wildman–Crippen MR) is 82.9 cm³/mol. The van der Waals surface area contributed by atoms with Crippen LogP contribution in [0.5, 0.6) is 5.75 Å². The molecule has 0 aliphatic carbocycles. The second-order valence-electron chi connectivity index (χ2n) is 5.57. The molecule has 1 aliphatic heterocycles. The molecule has 0 saturated carbocycles. The van der Waals surface area contributed by atoms with Gasteiger partial charge >= 0.3 is 11.8 Å². The first-order chi connectivity index (χ1) is 11.4. The average molecular weight is 334 g/mol. The fourth-order valence-corrected chi connectivity index (χ4v) is 2.85. The minimum Gasteiger partial charge on any atom is -0.497 e. The van der Waals surface area contributed by atoms with Crippen LogP contribution in [-0.4, -0.2) is 23.1 Å². The van der Waals surface area contributed by atoms with Gasteiger partial charge in [0.25, 0.3) is 0 Å². The first-order valence-corrected chi connectivity index (χ1v) is 7.36. The Bertz CT molecular complexity index is 793. The Morgan fingerprint density at radius 3 is 2.79 bits per heavy atom. The number of aliphatic hydroxyl groups excluding tert-OH is 1. The molecule has 0 spiro atoms. The number of anilines is 1. The van der Waals surface area contributed by atoms with Crippen LogP contribution in [0, 0.1) is 0 Å². The number of hydrogen-bond acceptors (Lipinski definition) is 4. The lowest BCUT2D eigenvalue weighted by molar-refractivity contribution is -0.141. The number of pyridine rings is 1. The van der Waals surface area contributed by atoms with E-state index in [1.165, 1.54) is 32.4 Å². The average Bonchev–Trinajstić information content (AvgIpc) is 2.76. The van der Waals surface area contributed by atoms with Crippen molar-refractivity contribution in [3.05, 3.63) is 53.3 Å². The maximum atomic E-state index is 14.5. The highest BCUT2D eigenvalue weighted by Gasteiger charge is 2.54. The van der Waals surface area contributed by atoms with Crippen molar-refractivity contribution in [3.8, 4) is 5.75 Å². The zero-order valence-electron chi connectivity index (χ0n) is 13.2. The van der Waals surface area contributed by atoms with Crippen LogP contribution >= 0.6 is 0 Å². The zero-order valence-corrected chi connectivity index (χ0v) is 13.2. The summed E-state index contributed by atoms with van der Waals surface area (Å²) in [4.78, 5) is 17.3. The Hall–Kier alpha value is -2.54. The molecule has 24 heavy (non-hydrogen) atoms. The van der Waals surface area contributed by atoms with E-state index in [-0.39, 0.29) is 17.8 Å². The molecule has 2 heterocycles. The third-order valence-electron chi connectivity index (χ3n) is 3.99. The minimum absolute atomic E-state index is 0.0481. The number of alkyl halides is 2. The Labute approximate surface area is 137 Å². The fourth-order valence-electron chi connectivity index (χ4n) is 2.85. The van der Waals surface area contributed by atoms with Gasteiger partial charge in [-0.3, -0.25) is 9.78 Å². The molecular formula is C17H16F2N2O3. The van der Waals surface area contributed by atoms with E-state index in [4.69, 9.17) is 4.74 Å². The van der Waals surface area contributed by atoms with Gasteiger partial charge < -0.3 is 14.7 Å². The van der Waals surface area contributed by atoms with E-state index in [2.05, 4.69) is 4.98 Å². The summed E-state index contributed by atoms with van der Waals surface area (Å²) >= 11 is 0. The summed E-state index contributed by atoms with van der Waals surface area (Å²) < 4.78 is 34.1. The molecule has 0 fully saturated rings. The predicted octanol–water partition coefficient (Wildman–Crippen LogP) is 2.78. The number of nitrogens with zero attached hydrogens (tertiary/aromatic N) is 2. The second kappa shape index (κ2) is 5.83. The van der Waals surface area contributed by atoms with Gasteiger partial charge in [-0.15, -0.1) is 0 Å². The van der Waals surface area contributed by atoms with Crippen LogP contribution in [0.15, 0.2) is 36.5 Å². The second-order valence-corrected chi connectivity index (χ2v) is 5.57. The molecular weight excluding hydrogens is 318 g/mol. The third-order valence-corrected chi connectivity index (χ3v) is 3.99. The maximum Gasteiger partial charge on any atom is 0.352 e. The number of rotatable bonds is 4. The van der Waals surface area contributed by atoms with Crippen molar-refractivity contribution < 1.29 is 23.4 Å². The lowest BCUT2D eigenvalue weighted by atomic mass is 9.98. The Morgan fingerprint density at radius 2 is 2.12 bits per heavy atom. The standard InChI is InChI=1S/C17H16F2N2O3/c1-10(22)13-4-3-5-14-15(13)17(18,19)16(23)21(14)9-11-8-12(24-2)6-7-20-11/h3-8,10,22H,9H2,1-2H3/t10-/m0/s1. The molecule has 7 heteroatoms. The van der Waals surface area contributed by atoms with Crippen molar-refractivity contribution >= 4 is 11.6 Å². The van der Waals surface area contributed by atoms with Crippen LogP contribution in [0.3, 0.4) is 0 Å². The van der Waals surface area contributed by atoms with Crippen molar-refractivity contribution in [1.29, 1.82) is 0 Å². The maximum absolute atomic E-state index is 14.5. The molecule has 1 aliphatic rings. The van der Waals surface area contributed by atoms with Crippen molar-refractivity contribution in [1.82, 2.24) is 4.98 Å². The van der Waals surface area contributed by atoms with E-state index >= 15 is 0 Å². The smallest absolute Gasteiger partial charge is 0.352 e. The molecule has 0 unspecified atom stereocenters. The Kier molecular flexibility index (Phi) is 3.96. The van der Waals surface area contributed by atoms with Gasteiger partial charge in [-0.25, -0.2) is 0 Å². The van der Waals surface area contributed by atoms with Gasteiger partial charge in [-0.2, -0.15) is 8.78 Å².